The van der Waals surface area contributed by atoms with E-state index >= 15 is 0 Å². The van der Waals surface area contributed by atoms with Crippen LogP contribution in [0.4, 0.5) is 0 Å². The SMILES string of the molecule is Cc1ccc([C@H](C)NC(=O)c2ccccc2SCc2ccccc2)cc1. The predicted molar refractivity (Wildman–Crippen MR) is 110 cm³/mol. The van der Waals surface area contributed by atoms with Gasteiger partial charge in [-0.1, -0.05) is 72.3 Å². The summed E-state index contributed by atoms with van der Waals surface area (Å²) in [4.78, 5) is 13.8. The normalized spacial score (nSPS) is 11.8. The molecule has 0 bridgehead atoms. The van der Waals surface area contributed by atoms with Gasteiger partial charge >= 0.3 is 0 Å². The van der Waals surface area contributed by atoms with Crippen LogP contribution in [0.3, 0.4) is 0 Å². The molecule has 0 fully saturated rings. The average Bonchev–Trinajstić information content (AvgIpc) is 2.68. The Labute approximate surface area is 159 Å². The number of nitrogens with one attached hydrogen (secondary N) is 1. The van der Waals surface area contributed by atoms with Gasteiger partial charge in [0, 0.05) is 10.6 Å². The standard InChI is InChI=1S/C23H23NOS/c1-17-12-14-20(15-13-17)18(2)24-23(25)21-10-6-7-11-22(21)26-16-19-8-4-3-5-9-19/h3-15,18H,16H2,1-2H3,(H,24,25)/t18-/m0/s1. The van der Waals surface area contributed by atoms with E-state index < -0.39 is 0 Å². The lowest BCUT2D eigenvalue weighted by molar-refractivity contribution is 0.0937. The largest absolute Gasteiger partial charge is 0.345 e. The van der Waals surface area contributed by atoms with E-state index in [1.807, 2.05) is 49.4 Å². The summed E-state index contributed by atoms with van der Waals surface area (Å²) in [7, 11) is 0. The summed E-state index contributed by atoms with van der Waals surface area (Å²) in [5.41, 5.74) is 4.31. The second-order valence-electron chi connectivity index (χ2n) is 6.38. The molecular formula is C23H23NOS. The fraction of sp³-hybridized carbons (Fsp3) is 0.174. The van der Waals surface area contributed by atoms with Gasteiger partial charge in [-0.3, -0.25) is 4.79 Å². The first-order valence-electron chi connectivity index (χ1n) is 8.76. The number of hydrogen-bond acceptors (Lipinski definition) is 2. The first-order chi connectivity index (χ1) is 12.6. The molecule has 1 atom stereocenters. The molecule has 1 N–H and O–H groups in total. The van der Waals surface area contributed by atoms with Crippen molar-refractivity contribution in [1.29, 1.82) is 0 Å². The number of aryl methyl sites for hydroxylation is 1. The van der Waals surface area contributed by atoms with Gasteiger partial charge in [-0.2, -0.15) is 0 Å². The molecule has 2 nitrogen and oxygen atoms in total. The summed E-state index contributed by atoms with van der Waals surface area (Å²) < 4.78 is 0. The Kier molecular flexibility index (Phi) is 6.13. The van der Waals surface area contributed by atoms with Gasteiger partial charge in [0.05, 0.1) is 11.6 Å². The maximum atomic E-state index is 12.8. The molecule has 3 rings (SSSR count). The van der Waals surface area contributed by atoms with E-state index in [1.54, 1.807) is 11.8 Å². The highest BCUT2D eigenvalue weighted by molar-refractivity contribution is 7.98. The molecule has 0 unspecified atom stereocenters. The number of amides is 1. The van der Waals surface area contributed by atoms with Crippen LogP contribution >= 0.6 is 11.8 Å². The molecule has 0 spiro atoms. The highest BCUT2D eigenvalue weighted by Gasteiger charge is 2.15. The van der Waals surface area contributed by atoms with Crippen molar-refractivity contribution >= 4 is 17.7 Å². The van der Waals surface area contributed by atoms with Gasteiger partial charge in [0.1, 0.15) is 0 Å². The van der Waals surface area contributed by atoms with Crippen molar-refractivity contribution in [2.24, 2.45) is 0 Å². The zero-order chi connectivity index (χ0) is 18.4. The Hall–Kier alpha value is -2.52. The molecule has 0 aliphatic rings. The highest BCUT2D eigenvalue weighted by Crippen LogP contribution is 2.27. The van der Waals surface area contributed by atoms with E-state index in [0.717, 1.165) is 21.8 Å². The topological polar surface area (TPSA) is 29.1 Å². The Morgan fingerprint density at radius 2 is 1.58 bits per heavy atom. The maximum absolute atomic E-state index is 12.8. The Balaban J connectivity index is 1.70. The van der Waals surface area contributed by atoms with Crippen molar-refractivity contribution in [3.05, 3.63) is 101 Å². The minimum Gasteiger partial charge on any atom is -0.345 e. The molecule has 3 heteroatoms. The van der Waals surface area contributed by atoms with Gasteiger partial charge in [0.15, 0.2) is 0 Å². The van der Waals surface area contributed by atoms with Crippen LogP contribution in [-0.2, 0) is 5.75 Å². The number of carbonyl (C=O) groups is 1. The van der Waals surface area contributed by atoms with Crippen LogP contribution in [0, 0.1) is 6.92 Å². The van der Waals surface area contributed by atoms with Crippen LogP contribution in [0.5, 0.6) is 0 Å². The third kappa shape index (κ3) is 4.77. The molecule has 26 heavy (non-hydrogen) atoms. The molecule has 0 aliphatic carbocycles. The van der Waals surface area contributed by atoms with Crippen LogP contribution in [0.1, 0.15) is 40.0 Å². The smallest absolute Gasteiger partial charge is 0.252 e. The number of thioether (sulfide) groups is 1. The van der Waals surface area contributed by atoms with Gasteiger partial charge in [-0.05, 0) is 37.1 Å². The Morgan fingerprint density at radius 3 is 2.31 bits per heavy atom. The summed E-state index contributed by atoms with van der Waals surface area (Å²) in [5.74, 6) is 0.813. The van der Waals surface area contributed by atoms with Crippen LogP contribution < -0.4 is 5.32 Å². The van der Waals surface area contributed by atoms with Crippen LogP contribution in [-0.4, -0.2) is 5.91 Å². The van der Waals surface area contributed by atoms with Gasteiger partial charge in [-0.25, -0.2) is 0 Å². The third-order valence-corrected chi connectivity index (χ3v) is 5.44. The minimum atomic E-state index is -0.0331. The Bertz CT molecular complexity index is 859. The fourth-order valence-corrected chi connectivity index (χ4v) is 3.73. The van der Waals surface area contributed by atoms with Crippen molar-refractivity contribution in [2.75, 3.05) is 0 Å². The Morgan fingerprint density at radius 1 is 0.923 bits per heavy atom. The summed E-state index contributed by atoms with van der Waals surface area (Å²) in [6, 6.07) is 26.3. The number of benzene rings is 3. The van der Waals surface area contributed by atoms with E-state index in [9.17, 15) is 4.79 Å². The first-order valence-corrected chi connectivity index (χ1v) is 9.75. The second kappa shape index (κ2) is 8.72. The van der Waals surface area contributed by atoms with Gasteiger partial charge in [0.2, 0.25) is 0 Å². The molecule has 3 aromatic rings. The quantitative estimate of drug-likeness (QED) is 0.564. The van der Waals surface area contributed by atoms with Crippen LogP contribution in [0.25, 0.3) is 0 Å². The van der Waals surface area contributed by atoms with Crippen molar-refractivity contribution in [2.45, 2.75) is 30.5 Å². The van der Waals surface area contributed by atoms with Crippen molar-refractivity contribution < 1.29 is 4.79 Å². The van der Waals surface area contributed by atoms with Crippen LogP contribution in [0.2, 0.25) is 0 Å². The lowest BCUT2D eigenvalue weighted by Gasteiger charge is -2.16. The molecule has 0 saturated heterocycles. The lowest BCUT2D eigenvalue weighted by atomic mass is 10.1. The van der Waals surface area contributed by atoms with E-state index in [0.29, 0.717) is 0 Å². The minimum absolute atomic E-state index is 0.0321. The average molecular weight is 362 g/mol. The summed E-state index contributed by atoms with van der Waals surface area (Å²) in [5, 5.41) is 3.12. The molecular weight excluding hydrogens is 338 g/mol. The zero-order valence-corrected chi connectivity index (χ0v) is 15.9. The number of hydrogen-bond donors (Lipinski definition) is 1. The zero-order valence-electron chi connectivity index (χ0n) is 15.1. The van der Waals surface area contributed by atoms with Crippen molar-refractivity contribution in [3.63, 3.8) is 0 Å². The molecule has 0 heterocycles. The second-order valence-corrected chi connectivity index (χ2v) is 7.39. The summed E-state index contributed by atoms with van der Waals surface area (Å²) in [6.45, 7) is 4.08. The van der Waals surface area contributed by atoms with E-state index in [2.05, 4.69) is 48.6 Å². The van der Waals surface area contributed by atoms with Gasteiger partial charge < -0.3 is 5.32 Å². The monoisotopic (exact) mass is 361 g/mol. The van der Waals surface area contributed by atoms with Gasteiger partial charge in [0.25, 0.3) is 5.91 Å². The first kappa shape index (κ1) is 18.3. The van der Waals surface area contributed by atoms with E-state index in [4.69, 9.17) is 0 Å². The molecule has 0 radical (unpaired) electrons. The lowest BCUT2D eigenvalue weighted by Crippen LogP contribution is -2.27. The molecule has 3 aromatic carbocycles. The van der Waals surface area contributed by atoms with E-state index in [1.165, 1.54) is 11.1 Å². The summed E-state index contributed by atoms with van der Waals surface area (Å²) >= 11 is 1.69. The van der Waals surface area contributed by atoms with Crippen molar-refractivity contribution in [3.8, 4) is 0 Å². The number of rotatable bonds is 6. The molecule has 1 amide bonds. The fourth-order valence-electron chi connectivity index (χ4n) is 2.73. The molecule has 0 aliphatic heterocycles. The third-order valence-electron chi connectivity index (χ3n) is 4.29. The van der Waals surface area contributed by atoms with Crippen LogP contribution in [0.15, 0.2) is 83.8 Å². The van der Waals surface area contributed by atoms with Crippen molar-refractivity contribution in [1.82, 2.24) is 5.32 Å². The van der Waals surface area contributed by atoms with Gasteiger partial charge in [-0.15, -0.1) is 11.8 Å². The molecule has 0 aromatic heterocycles. The predicted octanol–water partition coefficient (Wildman–Crippen LogP) is 5.78. The summed E-state index contributed by atoms with van der Waals surface area (Å²) in [6.07, 6.45) is 0. The highest BCUT2D eigenvalue weighted by atomic mass is 32.2. The maximum Gasteiger partial charge on any atom is 0.252 e. The molecule has 132 valence electrons. The molecule has 0 saturated carbocycles. The number of carbonyl (C=O) groups excluding carboxylic acids is 1. The van der Waals surface area contributed by atoms with E-state index in [-0.39, 0.29) is 11.9 Å².